The van der Waals surface area contributed by atoms with Gasteiger partial charge in [0.05, 0.1) is 24.2 Å². The van der Waals surface area contributed by atoms with Gasteiger partial charge in [0.15, 0.2) is 9.84 Å². The Kier molecular flexibility index (Phi) is 5.89. The Morgan fingerprint density at radius 2 is 1.93 bits per heavy atom. The summed E-state index contributed by atoms with van der Waals surface area (Å²) in [6.45, 7) is 4.17. The van der Waals surface area contributed by atoms with Crippen molar-refractivity contribution in [1.29, 1.82) is 5.26 Å². The van der Waals surface area contributed by atoms with Crippen LogP contribution in [0, 0.1) is 11.3 Å². The molecule has 1 unspecified atom stereocenters. The van der Waals surface area contributed by atoms with E-state index in [1.165, 1.54) is 0 Å². The molecule has 0 bridgehead atoms. The Hall–Kier alpha value is -2.92. The molecule has 1 saturated heterocycles. The average Bonchev–Trinajstić information content (AvgIpc) is 3.04. The van der Waals surface area contributed by atoms with Gasteiger partial charge in [0.25, 0.3) is 11.8 Å². The summed E-state index contributed by atoms with van der Waals surface area (Å²) in [5.74, 6) is -0.921. The highest BCUT2D eigenvalue weighted by molar-refractivity contribution is 7.91. The molecule has 29 heavy (non-hydrogen) atoms. The van der Waals surface area contributed by atoms with Crippen molar-refractivity contribution in [3.63, 3.8) is 0 Å². The summed E-state index contributed by atoms with van der Waals surface area (Å²) in [6.07, 6.45) is 2.69. The number of imide groups is 1. The lowest BCUT2D eigenvalue weighted by atomic mass is 9.92. The zero-order valence-corrected chi connectivity index (χ0v) is 17.2. The molecular formula is C21H22N2O5S. The van der Waals surface area contributed by atoms with Gasteiger partial charge in [-0.05, 0) is 49.1 Å². The Morgan fingerprint density at radius 1 is 1.24 bits per heavy atom. The van der Waals surface area contributed by atoms with Crippen molar-refractivity contribution in [2.24, 2.45) is 0 Å². The lowest BCUT2D eigenvalue weighted by Gasteiger charge is -2.31. The second-order valence-corrected chi connectivity index (χ2v) is 9.35. The largest absolute Gasteiger partial charge is 0.494 e. The quantitative estimate of drug-likeness (QED) is 0.541. The number of nitriles is 1. The minimum absolute atomic E-state index is 0.0718. The Labute approximate surface area is 170 Å². The predicted molar refractivity (Wildman–Crippen MR) is 107 cm³/mol. The zero-order valence-electron chi connectivity index (χ0n) is 16.3. The third kappa shape index (κ3) is 4.25. The molecule has 1 aromatic rings. The monoisotopic (exact) mass is 414 g/mol. The van der Waals surface area contributed by atoms with E-state index in [-0.39, 0.29) is 29.1 Å². The molecule has 3 rings (SSSR count). The number of amides is 2. The van der Waals surface area contributed by atoms with Crippen LogP contribution in [0.15, 0.2) is 41.0 Å². The zero-order chi connectivity index (χ0) is 21.2. The molecule has 2 amide bonds. The minimum atomic E-state index is -3.30. The van der Waals surface area contributed by atoms with Crippen molar-refractivity contribution in [3.05, 3.63) is 46.5 Å². The van der Waals surface area contributed by atoms with Gasteiger partial charge >= 0.3 is 0 Å². The van der Waals surface area contributed by atoms with Crippen molar-refractivity contribution >= 4 is 27.7 Å². The SMILES string of the molecule is CCCOc1ccc(/C=C2/C(=O)N(C3CCS(=O)(=O)C3)C(=O)C(C#N)=C2C)cc1. The molecule has 0 aliphatic carbocycles. The molecule has 0 radical (unpaired) electrons. The van der Waals surface area contributed by atoms with Crippen LogP contribution in [0.25, 0.3) is 6.08 Å². The number of rotatable bonds is 5. The van der Waals surface area contributed by atoms with E-state index in [9.17, 15) is 23.3 Å². The maximum absolute atomic E-state index is 13.1. The van der Waals surface area contributed by atoms with E-state index in [1.54, 1.807) is 37.3 Å². The summed E-state index contributed by atoms with van der Waals surface area (Å²) < 4.78 is 29.2. The van der Waals surface area contributed by atoms with Crippen LogP contribution in [-0.2, 0) is 19.4 Å². The topological polar surface area (TPSA) is 105 Å². The number of hydrogen-bond acceptors (Lipinski definition) is 6. The number of nitrogens with zero attached hydrogens (tertiary/aromatic N) is 2. The van der Waals surface area contributed by atoms with Crippen molar-refractivity contribution < 1.29 is 22.7 Å². The van der Waals surface area contributed by atoms with E-state index in [2.05, 4.69) is 0 Å². The van der Waals surface area contributed by atoms with Crippen LogP contribution in [0.1, 0.15) is 32.3 Å². The van der Waals surface area contributed by atoms with Crippen molar-refractivity contribution in [2.75, 3.05) is 18.1 Å². The van der Waals surface area contributed by atoms with Gasteiger partial charge in [-0.25, -0.2) is 8.42 Å². The smallest absolute Gasteiger partial charge is 0.271 e. The third-order valence-corrected chi connectivity index (χ3v) is 6.76. The lowest BCUT2D eigenvalue weighted by Crippen LogP contribution is -2.49. The fourth-order valence-corrected chi connectivity index (χ4v) is 5.16. The molecule has 7 nitrogen and oxygen atoms in total. The first-order chi connectivity index (χ1) is 13.8. The summed E-state index contributed by atoms with van der Waals surface area (Å²) >= 11 is 0. The third-order valence-electron chi connectivity index (χ3n) is 5.01. The number of ether oxygens (including phenoxy) is 1. The Balaban J connectivity index is 1.97. The average molecular weight is 414 g/mol. The Morgan fingerprint density at radius 3 is 2.48 bits per heavy atom. The molecule has 1 fully saturated rings. The van der Waals surface area contributed by atoms with E-state index in [4.69, 9.17) is 4.74 Å². The van der Waals surface area contributed by atoms with Gasteiger partial charge in [-0.2, -0.15) is 5.26 Å². The molecule has 1 atom stereocenters. The molecule has 0 N–H and O–H groups in total. The molecule has 8 heteroatoms. The number of carbonyl (C=O) groups excluding carboxylic acids is 2. The number of benzene rings is 1. The fourth-order valence-electron chi connectivity index (χ4n) is 3.46. The lowest BCUT2D eigenvalue weighted by molar-refractivity contribution is -0.142. The Bertz CT molecular complexity index is 1050. The second kappa shape index (κ2) is 8.21. The highest BCUT2D eigenvalue weighted by atomic mass is 32.2. The summed E-state index contributed by atoms with van der Waals surface area (Å²) in [7, 11) is -3.30. The summed E-state index contributed by atoms with van der Waals surface area (Å²) in [5.41, 5.74) is 1.09. The standard InChI is InChI=1S/C21H22N2O5S/c1-3-9-28-17-6-4-15(5-7-17)11-18-14(2)19(12-22)21(25)23(20(18)24)16-8-10-29(26,27)13-16/h4-7,11,16H,3,8-10,13H2,1-2H3/b18-11+. The molecule has 2 heterocycles. The second-order valence-electron chi connectivity index (χ2n) is 7.12. The van der Waals surface area contributed by atoms with Crippen LogP contribution in [0.3, 0.4) is 0 Å². The van der Waals surface area contributed by atoms with Crippen LogP contribution < -0.4 is 4.74 Å². The fraction of sp³-hybridized carbons (Fsp3) is 0.381. The highest BCUT2D eigenvalue weighted by Gasteiger charge is 2.43. The van der Waals surface area contributed by atoms with Crippen LogP contribution in [0.4, 0.5) is 0 Å². The first-order valence-electron chi connectivity index (χ1n) is 9.41. The minimum Gasteiger partial charge on any atom is -0.494 e. The van der Waals surface area contributed by atoms with E-state index >= 15 is 0 Å². The summed E-state index contributed by atoms with van der Waals surface area (Å²) in [6, 6.07) is 8.26. The molecule has 2 aliphatic rings. The first-order valence-corrected chi connectivity index (χ1v) is 11.2. The van der Waals surface area contributed by atoms with Gasteiger partial charge in [-0.3, -0.25) is 14.5 Å². The molecule has 152 valence electrons. The van der Waals surface area contributed by atoms with Gasteiger partial charge in [0, 0.05) is 5.57 Å². The first kappa shape index (κ1) is 20.8. The molecule has 0 spiro atoms. The maximum Gasteiger partial charge on any atom is 0.271 e. The summed E-state index contributed by atoms with van der Waals surface area (Å²) in [5, 5.41) is 9.46. The van der Waals surface area contributed by atoms with Crippen molar-refractivity contribution in [1.82, 2.24) is 4.90 Å². The van der Waals surface area contributed by atoms with E-state index < -0.39 is 27.7 Å². The molecule has 0 aromatic heterocycles. The van der Waals surface area contributed by atoms with Gasteiger partial charge in [0.2, 0.25) is 0 Å². The normalized spacial score (nSPS) is 22.9. The maximum atomic E-state index is 13.1. The van der Waals surface area contributed by atoms with Crippen LogP contribution in [0.2, 0.25) is 0 Å². The van der Waals surface area contributed by atoms with Crippen LogP contribution >= 0.6 is 0 Å². The molecular weight excluding hydrogens is 392 g/mol. The van der Waals surface area contributed by atoms with Gasteiger partial charge in [-0.1, -0.05) is 19.1 Å². The van der Waals surface area contributed by atoms with Gasteiger partial charge in [0.1, 0.15) is 17.4 Å². The van der Waals surface area contributed by atoms with E-state index in [0.29, 0.717) is 23.5 Å². The summed E-state index contributed by atoms with van der Waals surface area (Å²) in [4.78, 5) is 26.7. The molecule has 0 saturated carbocycles. The van der Waals surface area contributed by atoms with Crippen molar-refractivity contribution in [3.8, 4) is 11.8 Å². The highest BCUT2D eigenvalue weighted by Crippen LogP contribution is 2.31. The number of sulfone groups is 1. The van der Waals surface area contributed by atoms with Crippen molar-refractivity contribution in [2.45, 2.75) is 32.7 Å². The van der Waals surface area contributed by atoms with Gasteiger partial charge in [-0.15, -0.1) is 0 Å². The van der Waals surface area contributed by atoms with Crippen LogP contribution in [-0.4, -0.2) is 49.3 Å². The van der Waals surface area contributed by atoms with Crippen LogP contribution in [0.5, 0.6) is 5.75 Å². The molecule has 1 aromatic carbocycles. The predicted octanol–water partition coefficient (Wildman–Crippen LogP) is 2.25. The molecule has 2 aliphatic heterocycles. The van der Waals surface area contributed by atoms with Gasteiger partial charge < -0.3 is 4.74 Å². The van der Waals surface area contributed by atoms with E-state index in [1.807, 2.05) is 13.0 Å². The number of carbonyl (C=O) groups is 2. The number of hydrogen-bond donors (Lipinski definition) is 0. The van der Waals surface area contributed by atoms with E-state index in [0.717, 1.165) is 11.3 Å².